The van der Waals surface area contributed by atoms with Crippen LogP contribution in [0.5, 0.6) is 5.75 Å². The van der Waals surface area contributed by atoms with Gasteiger partial charge in [-0.1, -0.05) is 0 Å². The molecule has 5 nitrogen and oxygen atoms in total. The van der Waals surface area contributed by atoms with Crippen LogP contribution in [0.1, 0.15) is 18.0 Å². The van der Waals surface area contributed by atoms with Gasteiger partial charge in [-0.2, -0.15) is 0 Å². The number of hydrogen-bond donors (Lipinski definition) is 2. The Kier molecular flexibility index (Phi) is 3.56. The fraction of sp³-hybridized carbons (Fsp3) is 0.333. The fourth-order valence-electron chi connectivity index (χ4n) is 1.23. The fourth-order valence-corrected chi connectivity index (χ4v) is 1.23. The van der Waals surface area contributed by atoms with Crippen LogP contribution in [-0.2, 0) is 0 Å². The van der Waals surface area contributed by atoms with Crippen molar-refractivity contribution in [1.29, 1.82) is 0 Å². The molecule has 0 aliphatic rings. The highest BCUT2D eigenvalue weighted by Gasteiger charge is 2.15. The minimum atomic E-state index is -0.727. The molecule has 0 radical (unpaired) electrons. The molecule has 1 atom stereocenters. The van der Waals surface area contributed by atoms with Crippen molar-refractivity contribution in [2.24, 2.45) is 5.73 Å². The zero-order valence-electron chi connectivity index (χ0n) is 7.89. The number of phenolic OH excluding ortho intramolecular Hbond substituents is 1. The van der Waals surface area contributed by atoms with Crippen molar-refractivity contribution in [1.82, 2.24) is 0 Å². The lowest BCUT2D eigenvalue weighted by Crippen LogP contribution is -2.11. The molecule has 0 bridgehead atoms. The standard InChI is InChI=1S/C9H11FN2O3/c10-4-3-8(11)7-5-6(12(14)15)1-2-9(7)13/h1-2,5,8,13H,3-4,11H2/t8-/m1/s1. The lowest BCUT2D eigenvalue weighted by Gasteiger charge is -2.11. The summed E-state index contributed by atoms with van der Waals surface area (Å²) in [5, 5.41) is 19.8. The molecule has 0 saturated heterocycles. The van der Waals surface area contributed by atoms with Crippen LogP contribution in [-0.4, -0.2) is 16.7 Å². The number of rotatable bonds is 4. The van der Waals surface area contributed by atoms with Crippen LogP contribution in [0.2, 0.25) is 0 Å². The molecule has 0 aliphatic heterocycles. The molecule has 0 heterocycles. The quantitative estimate of drug-likeness (QED) is 0.589. The SMILES string of the molecule is N[C@H](CCF)c1cc([N+](=O)[O-])ccc1O. The first-order valence-corrected chi connectivity index (χ1v) is 4.35. The van der Waals surface area contributed by atoms with Gasteiger partial charge in [-0.3, -0.25) is 14.5 Å². The van der Waals surface area contributed by atoms with Crippen molar-refractivity contribution in [2.45, 2.75) is 12.5 Å². The zero-order valence-corrected chi connectivity index (χ0v) is 7.89. The van der Waals surface area contributed by atoms with E-state index in [-0.39, 0.29) is 23.4 Å². The summed E-state index contributed by atoms with van der Waals surface area (Å²) in [4.78, 5) is 9.86. The highest BCUT2D eigenvalue weighted by Crippen LogP contribution is 2.28. The number of benzene rings is 1. The number of alkyl halides is 1. The molecule has 1 rings (SSSR count). The number of phenols is 1. The third kappa shape index (κ3) is 2.63. The Bertz CT molecular complexity index is 370. The topological polar surface area (TPSA) is 89.4 Å². The largest absolute Gasteiger partial charge is 0.508 e. The molecule has 0 fully saturated rings. The summed E-state index contributed by atoms with van der Waals surface area (Å²) in [6.07, 6.45) is 0.0225. The van der Waals surface area contributed by atoms with E-state index < -0.39 is 17.6 Å². The molecule has 0 spiro atoms. The summed E-state index contributed by atoms with van der Waals surface area (Å²) in [5.41, 5.74) is 5.58. The molecule has 3 N–H and O–H groups in total. The van der Waals surface area contributed by atoms with Gasteiger partial charge in [-0.15, -0.1) is 0 Å². The maximum Gasteiger partial charge on any atom is 0.270 e. The van der Waals surface area contributed by atoms with Gasteiger partial charge in [0, 0.05) is 23.7 Å². The number of nitro groups is 1. The van der Waals surface area contributed by atoms with Crippen molar-refractivity contribution in [3.63, 3.8) is 0 Å². The Labute approximate surface area is 85.5 Å². The van der Waals surface area contributed by atoms with E-state index in [1.807, 2.05) is 0 Å². The van der Waals surface area contributed by atoms with Gasteiger partial charge in [0.15, 0.2) is 0 Å². The molecular weight excluding hydrogens is 203 g/mol. The highest BCUT2D eigenvalue weighted by molar-refractivity contribution is 5.44. The first-order valence-electron chi connectivity index (χ1n) is 4.35. The number of aromatic hydroxyl groups is 1. The van der Waals surface area contributed by atoms with Gasteiger partial charge < -0.3 is 10.8 Å². The Balaban J connectivity index is 3.04. The third-order valence-electron chi connectivity index (χ3n) is 2.04. The van der Waals surface area contributed by atoms with E-state index in [4.69, 9.17) is 5.73 Å². The number of non-ortho nitro benzene ring substituents is 1. The van der Waals surface area contributed by atoms with Gasteiger partial charge >= 0.3 is 0 Å². The van der Waals surface area contributed by atoms with Crippen LogP contribution >= 0.6 is 0 Å². The molecule has 0 saturated carbocycles. The van der Waals surface area contributed by atoms with Crippen molar-refractivity contribution in [3.8, 4) is 5.75 Å². The monoisotopic (exact) mass is 214 g/mol. The smallest absolute Gasteiger partial charge is 0.270 e. The summed E-state index contributed by atoms with van der Waals surface area (Å²) in [5.74, 6) is -0.151. The number of nitro benzene ring substituents is 1. The second kappa shape index (κ2) is 4.70. The molecule has 0 unspecified atom stereocenters. The normalized spacial score (nSPS) is 12.4. The van der Waals surface area contributed by atoms with Gasteiger partial charge in [0.05, 0.1) is 11.6 Å². The van der Waals surface area contributed by atoms with E-state index in [2.05, 4.69) is 0 Å². The van der Waals surface area contributed by atoms with Gasteiger partial charge in [-0.05, 0) is 12.5 Å². The predicted octanol–water partition coefficient (Wildman–Crippen LogP) is 1.66. The first kappa shape index (κ1) is 11.4. The Morgan fingerprint density at radius 3 is 2.80 bits per heavy atom. The molecule has 0 aliphatic carbocycles. The third-order valence-corrected chi connectivity index (χ3v) is 2.04. The van der Waals surface area contributed by atoms with Gasteiger partial charge in [0.1, 0.15) is 5.75 Å². The Morgan fingerprint density at radius 1 is 1.60 bits per heavy atom. The maximum atomic E-state index is 12.0. The van der Waals surface area contributed by atoms with Gasteiger partial charge in [-0.25, -0.2) is 0 Å². The maximum absolute atomic E-state index is 12.0. The summed E-state index contributed by atoms with van der Waals surface area (Å²) in [6, 6.07) is 2.79. The predicted molar refractivity (Wildman–Crippen MR) is 52.3 cm³/mol. The molecule has 6 heteroatoms. The summed E-state index contributed by atoms with van der Waals surface area (Å²) in [6.45, 7) is -0.636. The van der Waals surface area contributed by atoms with Crippen LogP contribution < -0.4 is 5.73 Å². The number of nitrogens with zero attached hydrogens (tertiary/aromatic N) is 1. The highest BCUT2D eigenvalue weighted by atomic mass is 19.1. The summed E-state index contributed by atoms with van der Waals surface area (Å²) < 4.78 is 12.0. The van der Waals surface area contributed by atoms with Crippen LogP contribution in [0.3, 0.4) is 0 Å². The second-order valence-corrected chi connectivity index (χ2v) is 3.08. The lowest BCUT2D eigenvalue weighted by molar-refractivity contribution is -0.385. The minimum Gasteiger partial charge on any atom is -0.508 e. The van der Waals surface area contributed by atoms with Gasteiger partial charge in [0.2, 0.25) is 0 Å². The number of hydrogen-bond acceptors (Lipinski definition) is 4. The van der Waals surface area contributed by atoms with E-state index in [1.165, 1.54) is 12.1 Å². The molecule has 0 aromatic heterocycles. The second-order valence-electron chi connectivity index (χ2n) is 3.08. The van der Waals surface area contributed by atoms with Crippen LogP contribution in [0.25, 0.3) is 0 Å². The summed E-state index contributed by atoms with van der Waals surface area (Å²) >= 11 is 0. The molecule has 15 heavy (non-hydrogen) atoms. The van der Waals surface area contributed by atoms with E-state index >= 15 is 0 Å². The molecular formula is C9H11FN2O3. The minimum absolute atomic E-state index is 0.0225. The van der Waals surface area contributed by atoms with Crippen LogP contribution in [0.4, 0.5) is 10.1 Å². The number of nitrogens with two attached hydrogens (primary N) is 1. The average molecular weight is 214 g/mol. The van der Waals surface area contributed by atoms with E-state index in [9.17, 15) is 19.6 Å². The van der Waals surface area contributed by atoms with Crippen molar-refractivity contribution < 1.29 is 14.4 Å². The molecule has 1 aromatic carbocycles. The van der Waals surface area contributed by atoms with Crippen molar-refractivity contribution in [2.75, 3.05) is 6.67 Å². The van der Waals surface area contributed by atoms with Crippen molar-refractivity contribution in [3.05, 3.63) is 33.9 Å². The summed E-state index contributed by atoms with van der Waals surface area (Å²) in [7, 11) is 0. The molecule has 82 valence electrons. The Hall–Kier alpha value is -1.69. The lowest BCUT2D eigenvalue weighted by atomic mass is 10.0. The van der Waals surface area contributed by atoms with Gasteiger partial charge in [0.25, 0.3) is 5.69 Å². The van der Waals surface area contributed by atoms with Crippen LogP contribution in [0.15, 0.2) is 18.2 Å². The Morgan fingerprint density at radius 2 is 2.27 bits per heavy atom. The number of halogens is 1. The van der Waals surface area contributed by atoms with Crippen LogP contribution in [0, 0.1) is 10.1 Å². The van der Waals surface area contributed by atoms with E-state index in [0.29, 0.717) is 0 Å². The molecule has 1 aromatic rings. The zero-order chi connectivity index (χ0) is 11.4. The van der Waals surface area contributed by atoms with E-state index in [1.54, 1.807) is 0 Å². The first-order chi connectivity index (χ1) is 7.06. The van der Waals surface area contributed by atoms with Crippen molar-refractivity contribution >= 4 is 5.69 Å². The average Bonchev–Trinajstić information content (AvgIpc) is 2.18. The van der Waals surface area contributed by atoms with E-state index in [0.717, 1.165) is 6.07 Å². The molecule has 0 amide bonds.